The summed E-state index contributed by atoms with van der Waals surface area (Å²) in [5.41, 5.74) is 2.04. The van der Waals surface area contributed by atoms with Crippen molar-refractivity contribution in [2.24, 2.45) is 0 Å². The number of carbonyl (C=O) groups excluding carboxylic acids is 2. The molecule has 7 heteroatoms. The second-order valence-electron chi connectivity index (χ2n) is 7.24. The second kappa shape index (κ2) is 11.9. The minimum absolute atomic E-state index is 0.0301. The molecule has 30 heavy (non-hydrogen) atoms. The molecule has 0 bridgehead atoms. The zero-order valence-corrected chi connectivity index (χ0v) is 19.0. The van der Waals surface area contributed by atoms with Gasteiger partial charge in [-0.15, -0.1) is 0 Å². The quantitative estimate of drug-likeness (QED) is 0.494. The predicted octanol–water partition coefficient (Wildman–Crippen LogP) is 3.56. The van der Waals surface area contributed by atoms with Crippen LogP contribution in [0.4, 0.5) is 0 Å². The number of rotatable bonds is 9. The number of carbonyl (C=O) groups is 2. The molecule has 1 unspecified atom stereocenters. The van der Waals surface area contributed by atoms with Gasteiger partial charge in [0.05, 0.1) is 13.2 Å². The SMILES string of the molecule is O=C(CCc1ccc(I)cc1)NCC(=O)NCc1cccc(OC2CCCCO2)c1. The van der Waals surface area contributed by atoms with Crippen LogP contribution in [0.25, 0.3) is 0 Å². The van der Waals surface area contributed by atoms with E-state index in [0.717, 1.165) is 46.3 Å². The van der Waals surface area contributed by atoms with Gasteiger partial charge in [-0.1, -0.05) is 24.3 Å². The largest absolute Gasteiger partial charge is 0.465 e. The van der Waals surface area contributed by atoms with Crippen LogP contribution in [-0.4, -0.2) is 31.3 Å². The number of aryl methyl sites for hydroxylation is 1. The standard InChI is InChI=1S/C23H27IN2O4/c24-19-10-7-17(8-11-19)9-12-21(27)26-16-22(28)25-15-18-4-3-5-20(14-18)30-23-6-1-2-13-29-23/h3-5,7-8,10-11,14,23H,1-2,6,9,12-13,15-16H2,(H,25,28)(H,26,27). The van der Waals surface area contributed by atoms with Crippen molar-refractivity contribution in [3.63, 3.8) is 0 Å². The van der Waals surface area contributed by atoms with Crippen LogP contribution >= 0.6 is 22.6 Å². The Labute approximate surface area is 190 Å². The van der Waals surface area contributed by atoms with Crippen molar-refractivity contribution in [1.29, 1.82) is 0 Å². The molecule has 0 aromatic heterocycles. The molecule has 1 fully saturated rings. The summed E-state index contributed by atoms with van der Waals surface area (Å²) in [5.74, 6) is 0.378. The monoisotopic (exact) mass is 522 g/mol. The molecule has 2 aromatic carbocycles. The molecule has 3 rings (SSSR count). The molecule has 1 atom stereocenters. The molecule has 0 spiro atoms. The Morgan fingerprint density at radius 2 is 1.87 bits per heavy atom. The lowest BCUT2D eigenvalue weighted by Gasteiger charge is -2.23. The lowest BCUT2D eigenvalue weighted by molar-refractivity contribution is -0.126. The lowest BCUT2D eigenvalue weighted by Crippen LogP contribution is -2.36. The van der Waals surface area contributed by atoms with Crippen LogP contribution in [0.5, 0.6) is 5.75 Å². The third-order valence-corrected chi connectivity index (χ3v) is 5.51. The molecule has 0 radical (unpaired) electrons. The number of benzene rings is 2. The van der Waals surface area contributed by atoms with Crippen LogP contribution in [0.1, 0.15) is 36.8 Å². The maximum atomic E-state index is 12.1. The third kappa shape index (κ3) is 7.95. The Hall–Kier alpha value is -2.13. The van der Waals surface area contributed by atoms with E-state index in [4.69, 9.17) is 9.47 Å². The fourth-order valence-electron chi connectivity index (χ4n) is 3.12. The van der Waals surface area contributed by atoms with E-state index in [2.05, 4.69) is 33.2 Å². The molecule has 2 N–H and O–H groups in total. The highest BCUT2D eigenvalue weighted by Crippen LogP contribution is 2.20. The van der Waals surface area contributed by atoms with Crippen molar-refractivity contribution in [3.8, 4) is 5.75 Å². The molecular weight excluding hydrogens is 495 g/mol. The van der Waals surface area contributed by atoms with Crippen molar-refractivity contribution >= 4 is 34.4 Å². The van der Waals surface area contributed by atoms with Gasteiger partial charge in [-0.25, -0.2) is 0 Å². The Balaban J connectivity index is 1.35. The molecule has 1 aliphatic rings. The minimum atomic E-state index is -0.223. The zero-order valence-electron chi connectivity index (χ0n) is 16.9. The van der Waals surface area contributed by atoms with E-state index in [1.54, 1.807) is 0 Å². The van der Waals surface area contributed by atoms with Crippen LogP contribution in [0.15, 0.2) is 48.5 Å². The van der Waals surface area contributed by atoms with Gasteiger partial charge >= 0.3 is 0 Å². The van der Waals surface area contributed by atoms with Crippen LogP contribution in [0.3, 0.4) is 0 Å². The van der Waals surface area contributed by atoms with Gasteiger partial charge in [0, 0.05) is 23.0 Å². The van der Waals surface area contributed by atoms with Crippen LogP contribution in [-0.2, 0) is 27.3 Å². The van der Waals surface area contributed by atoms with Gasteiger partial charge < -0.3 is 20.1 Å². The Kier molecular flexibility index (Phi) is 8.95. The number of hydrogen-bond donors (Lipinski definition) is 2. The topological polar surface area (TPSA) is 76.7 Å². The summed E-state index contributed by atoms with van der Waals surface area (Å²) in [4.78, 5) is 24.0. The second-order valence-corrected chi connectivity index (χ2v) is 8.49. The number of nitrogens with one attached hydrogen (secondary N) is 2. The normalized spacial score (nSPS) is 16.0. The van der Waals surface area contributed by atoms with E-state index in [0.29, 0.717) is 19.4 Å². The molecule has 1 heterocycles. The molecule has 0 saturated carbocycles. The summed E-state index contributed by atoms with van der Waals surface area (Å²) in [6.45, 7) is 1.08. The van der Waals surface area contributed by atoms with Crippen molar-refractivity contribution < 1.29 is 19.1 Å². The summed E-state index contributed by atoms with van der Waals surface area (Å²) in [6.07, 6.45) is 3.89. The van der Waals surface area contributed by atoms with Gasteiger partial charge in [-0.2, -0.15) is 0 Å². The fourth-order valence-corrected chi connectivity index (χ4v) is 3.48. The van der Waals surface area contributed by atoms with E-state index < -0.39 is 0 Å². The van der Waals surface area contributed by atoms with Crippen molar-refractivity contribution in [3.05, 3.63) is 63.2 Å². The molecule has 2 aromatic rings. The summed E-state index contributed by atoms with van der Waals surface area (Å²) < 4.78 is 12.6. The van der Waals surface area contributed by atoms with E-state index in [1.165, 1.54) is 0 Å². The van der Waals surface area contributed by atoms with E-state index in [1.807, 2.05) is 48.5 Å². The summed E-state index contributed by atoms with van der Waals surface area (Å²) in [7, 11) is 0. The van der Waals surface area contributed by atoms with Gasteiger partial charge in [-0.05, 0) is 77.2 Å². The molecule has 1 aliphatic heterocycles. The number of halogens is 1. The molecule has 6 nitrogen and oxygen atoms in total. The Bertz CT molecular complexity index is 835. The van der Waals surface area contributed by atoms with E-state index in [-0.39, 0.29) is 24.6 Å². The highest BCUT2D eigenvalue weighted by Gasteiger charge is 2.15. The average molecular weight is 522 g/mol. The zero-order chi connectivity index (χ0) is 21.2. The third-order valence-electron chi connectivity index (χ3n) is 4.79. The average Bonchev–Trinajstić information content (AvgIpc) is 2.77. The first kappa shape index (κ1) is 22.6. The van der Waals surface area contributed by atoms with E-state index >= 15 is 0 Å². The van der Waals surface area contributed by atoms with Crippen molar-refractivity contribution in [2.45, 2.75) is 44.9 Å². The van der Waals surface area contributed by atoms with Crippen LogP contribution < -0.4 is 15.4 Å². The number of amides is 2. The first-order valence-electron chi connectivity index (χ1n) is 10.2. The highest BCUT2D eigenvalue weighted by atomic mass is 127. The van der Waals surface area contributed by atoms with Crippen molar-refractivity contribution in [2.75, 3.05) is 13.2 Å². The van der Waals surface area contributed by atoms with Gasteiger partial charge in [0.15, 0.2) is 6.29 Å². The molecule has 1 saturated heterocycles. The maximum absolute atomic E-state index is 12.1. The van der Waals surface area contributed by atoms with Gasteiger partial charge in [0.2, 0.25) is 11.8 Å². The molecule has 160 valence electrons. The Morgan fingerprint density at radius 1 is 1.03 bits per heavy atom. The summed E-state index contributed by atoms with van der Waals surface area (Å²) in [6, 6.07) is 15.7. The van der Waals surface area contributed by atoms with Gasteiger partial charge in [-0.3, -0.25) is 9.59 Å². The van der Waals surface area contributed by atoms with E-state index in [9.17, 15) is 9.59 Å². The van der Waals surface area contributed by atoms with Crippen molar-refractivity contribution in [1.82, 2.24) is 10.6 Å². The van der Waals surface area contributed by atoms with Gasteiger partial charge in [0.25, 0.3) is 0 Å². The molecule has 0 aliphatic carbocycles. The summed E-state index contributed by atoms with van der Waals surface area (Å²) >= 11 is 2.25. The molecule has 2 amide bonds. The highest BCUT2D eigenvalue weighted by molar-refractivity contribution is 14.1. The Morgan fingerprint density at radius 3 is 2.63 bits per heavy atom. The number of hydrogen-bond acceptors (Lipinski definition) is 4. The van der Waals surface area contributed by atoms with Gasteiger partial charge in [0.1, 0.15) is 5.75 Å². The maximum Gasteiger partial charge on any atom is 0.239 e. The minimum Gasteiger partial charge on any atom is -0.465 e. The number of ether oxygens (including phenoxy) is 2. The molecular formula is C23H27IN2O4. The fraction of sp³-hybridized carbons (Fsp3) is 0.391. The lowest BCUT2D eigenvalue weighted by atomic mass is 10.1. The smallest absolute Gasteiger partial charge is 0.239 e. The first-order chi connectivity index (χ1) is 14.6. The predicted molar refractivity (Wildman–Crippen MR) is 123 cm³/mol. The van der Waals surface area contributed by atoms with Crippen LogP contribution in [0.2, 0.25) is 0 Å². The summed E-state index contributed by atoms with van der Waals surface area (Å²) in [5, 5.41) is 5.50. The first-order valence-corrected chi connectivity index (χ1v) is 11.3. The van der Waals surface area contributed by atoms with Crippen LogP contribution in [0, 0.1) is 3.57 Å².